The second-order valence-electron chi connectivity index (χ2n) is 6.80. The number of carbonyl (C=O) groups excluding carboxylic acids is 1. The normalized spacial score (nSPS) is 13.8. The number of hydrogen-bond acceptors (Lipinski definition) is 5. The van der Waals surface area contributed by atoms with E-state index in [1.807, 2.05) is 31.3 Å². The van der Waals surface area contributed by atoms with Crippen LogP contribution in [-0.2, 0) is 15.3 Å². The van der Waals surface area contributed by atoms with E-state index in [1.54, 1.807) is 13.8 Å². The number of hydrogen-bond donors (Lipinski definition) is 3. The molecule has 1 amide bonds. The molecule has 0 spiro atoms. The molecule has 0 saturated carbocycles. The highest BCUT2D eigenvalue weighted by Gasteiger charge is 2.39. The van der Waals surface area contributed by atoms with Crippen LogP contribution in [0.15, 0.2) is 24.3 Å². The van der Waals surface area contributed by atoms with Gasteiger partial charge in [0.1, 0.15) is 0 Å². The van der Waals surface area contributed by atoms with Gasteiger partial charge in [0.2, 0.25) is 5.91 Å². The van der Waals surface area contributed by atoms with Crippen LogP contribution in [0, 0.1) is 5.41 Å². The molecule has 1 unspecified atom stereocenters. The van der Waals surface area contributed by atoms with Gasteiger partial charge in [-0.25, -0.2) is 4.79 Å². The number of benzene rings is 1. The maximum absolute atomic E-state index is 12.3. The van der Waals surface area contributed by atoms with E-state index in [0.717, 1.165) is 17.8 Å². The standard InChI is InChI=1S/C18H28N2O3S2/c1-6-20(5)14-9-7-13(8-10-14)11-25-18(4,16(22)23)19-15(21)17(2,3)12-24/h7-10,24H,6,11-12H2,1-5H3,(H,19,21)(H,22,23). The summed E-state index contributed by atoms with van der Waals surface area (Å²) in [5, 5.41) is 12.2. The molecule has 0 radical (unpaired) electrons. The SMILES string of the molecule is CCN(C)c1ccc(CSC(C)(NC(=O)C(C)(C)CS)C(=O)O)cc1. The van der Waals surface area contributed by atoms with Gasteiger partial charge in [-0.15, -0.1) is 11.8 Å². The Bertz CT molecular complexity index is 605. The molecule has 2 N–H and O–H groups in total. The first kappa shape index (κ1) is 21.7. The van der Waals surface area contributed by atoms with Crippen LogP contribution in [0.5, 0.6) is 0 Å². The predicted molar refractivity (Wildman–Crippen MR) is 108 cm³/mol. The first-order valence-corrected chi connectivity index (χ1v) is 9.78. The van der Waals surface area contributed by atoms with Gasteiger partial charge in [-0.1, -0.05) is 26.0 Å². The molecule has 25 heavy (non-hydrogen) atoms. The minimum Gasteiger partial charge on any atom is -0.479 e. The predicted octanol–water partition coefficient (Wildman–Crippen LogP) is 3.25. The van der Waals surface area contributed by atoms with Crippen molar-refractivity contribution in [2.45, 2.75) is 38.3 Å². The fraction of sp³-hybridized carbons (Fsp3) is 0.556. The fourth-order valence-corrected chi connectivity index (χ4v) is 2.95. The summed E-state index contributed by atoms with van der Waals surface area (Å²) in [7, 11) is 2.02. The van der Waals surface area contributed by atoms with Crippen molar-refractivity contribution in [1.82, 2.24) is 5.32 Å². The van der Waals surface area contributed by atoms with Gasteiger partial charge in [0.25, 0.3) is 0 Å². The van der Waals surface area contributed by atoms with Gasteiger partial charge in [0.05, 0.1) is 5.41 Å². The van der Waals surface area contributed by atoms with Crippen molar-refractivity contribution < 1.29 is 14.7 Å². The Morgan fingerprint density at radius 2 is 1.80 bits per heavy atom. The van der Waals surface area contributed by atoms with Crippen molar-refractivity contribution in [2.24, 2.45) is 5.41 Å². The number of aliphatic carboxylic acids is 1. The third-order valence-electron chi connectivity index (χ3n) is 4.15. The topological polar surface area (TPSA) is 69.6 Å². The molecule has 0 saturated heterocycles. The summed E-state index contributed by atoms with van der Waals surface area (Å²) >= 11 is 5.36. The fourth-order valence-electron chi connectivity index (χ4n) is 1.87. The zero-order valence-electron chi connectivity index (χ0n) is 15.5. The minimum atomic E-state index is -1.39. The minimum absolute atomic E-state index is 0.320. The van der Waals surface area contributed by atoms with Gasteiger partial charge in [-0.3, -0.25) is 4.79 Å². The summed E-state index contributed by atoms with van der Waals surface area (Å²) in [4.78, 5) is 24.8. The highest BCUT2D eigenvalue weighted by Crippen LogP contribution is 2.29. The molecule has 0 heterocycles. The van der Waals surface area contributed by atoms with Crippen LogP contribution in [-0.4, -0.2) is 41.2 Å². The van der Waals surface area contributed by atoms with E-state index in [2.05, 4.69) is 29.8 Å². The van der Waals surface area contributed by atoms with E-state index in [-0.39, 0.29) is 5.91 Å². The number of nitrogens with zero attached hydrogens (tertiary/aromatic N) is 1. The van der Waals surface area contributed by atoms with E-state index in [9.17, 15) is 14.7 Å². The van der Waals surface area contributed by atoms with Gasteiger partial charge in [-0.2, -0.15) is 12.6 Å². The average Bonchev–Trinajstić information content (AvgIpc) is 2.59. The molecule has 1 aromatic rings. The van der Waals surface area contributed by atoms with Gasteiger partial charge in [0.15, 0.2) is 4.87 Å². The molecule has 7 heteroatoms. The van der Waals surface area contributed by atoms with Crippen molar-refractivity contribution in [3.63, 3.8) is 0 Å². The second kappa shape index (κ2) is 8.85. The number of rotatable bonds is 9. The molecule has 0 aliphatic carbocycles. The van der Waals surface area contributed by atoms with Gasteiger partial charge < -0.3 is 15.3 Å². The molecule has 1 aromatic carbocycles. The summed E-state index contributed by atoms with van der Waals surface area (Å²) < 4.78 is 0. The van der Waals surface area contributed by atoms with Crippen molar-refractivity contribution >= 4 is 42.0 Å². The molecule has 140 valence electrons. The summed E-state index contributed by atoms with van der Waals surface area (Å²) in [6.45, 7) is 8.00. The first-order valence-electron chi connectivity index (χ1n) is 8.16. The van der Waals surface area contributed by atoms with Crippen LogP contribution in [0.2, 0.25) is 0 Å². The van der Waals surface area contributed by atoms with Crippen molar-refractivity contribution in [3.8, 4) is 0 Å². The third kappa shape index (κ3) is 5.85. The van der Waals surface area contributed by atoms with E-state index in [0.29, 0.717) is 11.5 Å². The molecule has 0 aliphatic heterocycles. The zero-order valence-corrected chi connectivity index (χ0v) is 17.2. The van der Waals surface area contributed by atoms with Gasteiger partial charge in [-0.05, 0) is 31.5 Å². The Kier molecular flexibility index (Phi) is 7.68. The number of thiol groups is 1. The Morgan fingerprint density at radius 1 is 1.24 bits per heavy atom. The molecule has 0 aliphatic rings. The molecular formula is C18H28N2O3S2. The number of nitrogens with one attached hydrogen (secondary N) is 1. The average molecular weight is 385 g/mol. The molecule has 1 rings (SSSR count). The molecule has 0 bridgehead atoms. The lowest BCUT2D eigenvalue weighted by Gasteiger charge is -2.30. The highest BCUT2D eigenvalue weighted by molar-refractivity contribution is 8.00. The second-order valence-corrected chi connectivity index (χ2v) is 8.51. The van der Waals surface area contributed by atoms with Crippen LogP contribution < -0.4 is 10.2 Å². The van der Waals surface area contributed by atoms with Crippen molar-refractivity contribution in [1.29, 1.82) is 0 Å². The molecule has 5 nitrogen and oxygen atoms in total. The zero-order chi connectivity index (χ0) is 19.3. The largest absolute Gasteiger partial charge is 0.479 e. The maximum atomic E-state index is 12.3. The Morgan fingerprint density at radius 3 is 2.24 bits per heavy atom. The number of carboxylic acid groups (broad SMARTS) is 1. The van der Waals surface area contributed by atoms with Crippen molar-refractivity contribution in [3.05, 3.63) is 29.8 Å². The van der Waals surface area contributed by atoms with Crippen LogP contribution in [0.3, 0.4) is 0 Å². The van der Waals surface area contributed by atoms with E-state index in [1.165, 1.54) is 18.7 Å². The van der Waals surface area contributed by atoms with Crippen LogP contribution in [0.25, 0.3) is 0 Å². The lowest BCUT2D eigenvalue weighted by molar-refractivity contribution is -0.144. The molecule has 1 atom stereocenters. The highest BCUT2D eigenvalue weighted by atomic mass is 32.2. The Balaban J connectivity index is 2.81. The summed E-state index contributed by atoms with van der Waals surface area (Å²) in [6, 6.07) is 7.99. The number of amides is 1. The van der Waals surface area contributed by atoms with E-state index < -0.39 is 16.3 Å². The van der Waals surface area contributed by atoms with Crippen LogP contribution >= 0.6 is 24.4 Å². The molecular weight excluding hydrogens is 356 g/mol. The van der Waals surface area contributed by atoms with Gasteiger partial charge in [0, 0.05) is 30.8 Å². The smallest absolute Gasteiger partial charge is 0.339 e. The van der Waals surface area contributed by atoms with Crippen LogP contribution in [0.4, 0.5) is 5.69 Å². The van der Waals surface area contributed by atoms with E-state index in [4.69, 9.17) is 0 Å². The molecule has 0 aromatic heterocycles. The first-order chi connectivity index (χ1) is 11.6. The maximum Gasteiger partial charge on any atom is 0.339 e. The summed E-state index contributed by atoms with van der Waals surface area (Å²) in [6.07, 6.45) is 0. The molecule has 0 fully saturated rings. The Labute approximate surface area is 160 Å². The number of carboxylic acids is 1. The van der Waals surface area contributed by atoms with E-state index >= 15 is 0 Å². The number of anilines is 1. The number of thioether (sulfide) groups is 1. The Hall–Kier alpha value is -1.34. The van der Waals surface area contributed by atoms with Gasteiger partial charge >= 0.3 is 5.97 Å². The third-order valence-corrected chi connectivity index (χ3v) is 6.27. The van der Waals surface area contributed by atoms with Crippen LogP contribution in [0.1, 0.15) is 33.3 Å². The summed E-state index contributed by atoms with van der Waals surface area (Å²) in [5.41, 5.74) is 1.39. The quantitative estimate of drug-likeness (QED) is 0.450. The number of carbonyl (C=O) groups is 2. The summed E-state index contributed by atoms with van der Waals surface area (Å²) in [5.74, 6) is -0.561. The van der Waals surface area contributed by atoms with Crippen molar-refractivity contribution in [2.75, 3.05) is 24.2 Å². The lowest BCUT2D eigenvalue weighted by atomic mass is 9.95. The lowest BCUT2D eigenvalue weighted by Crippen LogP contribution is -2.53. The monoisotopic (exact) mass is 384 g/mol.